The highest BCUT2D eigenvalue weighted by Gasteiger charge is 2.18. The summed E-state index contributed by atoms with van der Waals surface area (Å²) in [7, 11) is 2.21. The third kappa shape index (κ3) is 3.30. The summed E-state index contributed by atoms with van der Waals surface area (Å²) < 4.78 is 0. The highest BCUT2D eigenvalue weighted by Crippen LogP contribution is 2.26. The number of nitrogens with one attached hydrogen (secondary N) is 1. The van der Waals surface area contributed by atoms with E-state index in [1.807, 2.05) is 18.2 Å². The molecule has 3 nitrogen and oxygen atoms in total. The number of nitrogen functional groups attached to an aromatic ring is 1. The van der Waals surface area contributed by atoms with E-state index >= 15 is 0 Å². The molecular formula is C14H22ClN3. The van der Waals surface area contributed by atoms with Crippen LogP contribution in [-0.4, -0.2) is 31.1 Å². The van der Waals surface area contributed by atoms with Crippen LogP contribution >= 0.6 is 11.6 Å². The number of likely N-dealkylation sites (N-methyl/N-ethyl adjacent to an activating group) is 1. The van der Waals surface area contributed by atoms with Crippen LogP contribution in [0.5, 0.6) is 0 Å². The lowest BCUT2D eigenvalue weighted by Crippen LogP contribution is -2.33. The standard InChI is InChI=1S/C14H22ClN3/c1-18(11-5-2-3-6-11)10-9-17-13-8-4-7-12(15)14(13)16/h4,7-8,11,17H,2-3,5-6,9-10,16H2,1H3. The van der Waals surface area contributed by atoms with Crippen LogP contribution < -0.4 is 11.1 Å². The Labute approximate surface area is 114 Å². The van der Waals surface area contributed by atoms with Crippen molar-refractivity contribution in [3.63, 3.8) is 0 Å². The van der Waals surface area contributed by atoms with Crippen molar-refractivity contribution in [1.82, 2.24) is 4.90 Å². The Balaban J connectivity index is 1.79. The second-order valence-electron chi connectivity index (χ2n) is 5.05. The molecule has 0 bridgehead atoms. The van der Waals surface area contributed by atoms with Crippen molar-refractivity contribution in [2.45, 2.75) is 31.7 Å². The minimum absolute atomic E-state index is 0.615. The van der Waals surface area contributed by atoms with Crippen molar-refractivity contribution >= 4 is 23.0 Å². The van der Waals surface area contributed by atoms with Crippen LogP contribution in [0.2, 0.25) is 5.02 Å². The van der Waals surface area contributed by atoms with Crippen LogP contribution in [0.25, 0.3) is 0 Å². The van der Waals surface area contributed by atoms with Crippen LogP contribution in [0.4, 0.5) is 11.4 Å². The maximum atomic E-state index is 5.98. The molecule has 0 aliphatic heterocycles. The fraction of sp³-hybridized carbons (Fsp3) is 0.571. The average Bonchev–Trinajstić information content (AvgIpc) is 2.88. The number of hydrogen-bond acceptors (Lipinski definition) is 3. The first-order valence-corrected chi connectivity index (χ1v) is 7.04. The van der Waals surface area contributed by atoms with E-state index in [1.165, 1.54) is 25.7 Å². The van der Waals surface area contributed by atoms with Gasteiger partial charge in [-0.2, -0.15) is 0 Å². The zero-order valence-corrected chi connectivity index (χ0v) is 11.7. The van der Waals surface area contributed by atoms with Crippen molar-refractivity contribution in [1.29, 1.82) is 0 Å². The molecule has 0 atom stereocenters. The van der Waals surface area contributed by atoms with Gasteiger partial charge in [0.25, 0.3) is 0 Å². The summed E-state index contributed by atoms with van der Waals surface area (Å²) in [6.07, 6.45) is 5.44. The molecule has 1 aromatic carbocycles. The van der Waals surface area contributed by atoms with Gasteiger partial charge in [-0.15, -0.1) is 0 Å². The molecule has 0 spiro atoms. The highest BCUT2D eigenvalue weighted by atomic mass is 35.5. The fourth-order valence-corrected chi connectivity index (χ4v) is 2.76. The summed E-state index contributed by atoms with van der Waals surface area (Å²) in [5.74, 6) is 0. The second kappa shape index (κ2) is 6.30. The molecule has 4 heteroatoms. The summed E-state index contributed by atoms with van der Waals surface area (Å²) in [6, 6.07) is 6.47. The first-order valence-electron chi connectivity index (χ1n) is 6.66. The molecule has 1 aliphatic carbocycles. The normalized spacial score (nSPS) is 16.4. The Hall–Kier alpha value is -0.930. The summed E-state index contributed by atoms with van der Waals surface area (Å²) >= 11 is 5.98. The maximum Gasteiger partial charge on any atom is 0.0739 e. The van der Waals surface area contributed by atoms with E-state index in [2.05, 4.69) is 17.3 Å². The number of hydrogen-bond donors (Lipinski definition) is 2. The molecule has 0 radical (unpaired) electrons. The van der Waals surface area contributed by atoms with Crippen LogP contribution in [0.1, 0.15) is 25.7 Å². The van der Waals surface area contributed by atoms with E-state index in [4.69, 9.17) is 17.3 Å². The Kier molecular flexibility index (Phi) is 4.72. The van der Waals surface area contributed by atoms with Crippen molar-refractivity contribution in [3.05, 3.63) is 23.2 Å². The Bertz CT molecular complexity index is 389. The monoisotopic (exact) mass is 267 g/mol. The number of nitrogens with two attached hydrogens (primary N) is 1. The van der Waals surface area contributed by atoms with E-state index in [0.717, 1.165) is 24.8 Å². The van der Waals surface area contributed by atoms with Gasteiger partial charge in [0.2, 0.25) is 0 Å². The minimum Gasteiger partial charge on any atom is -0.396 e. The van der Waals surface area contributed by atoms with Crippen molar-refractivity contribution in [2.24, 2.45) is 0 Å². The number of halogens is 1. The number of benzene rings is 1. The SMILES string of the molecule is CN(CCNc1cccc(Cl)c1N)C1CCCC1. The van der Waals surface area contributed by atoms with Gasteiger partial charge >= 0.3 is 0 Å². The molecule has 0 saturated heterocycles. The number of rotatable bonds is 5. The number of nitrogens with zero attached hydrogens (tertiary/aromatic N) is 1. The Morgan fingerprint density at radius 2 is 2.11 bits per heavy atom. The summed E-state index contributed by atoms with van der Waals surface area (Å²) in [4.78, 5) is 2.45. The zero-order valence-electron chi connectivity index (χ0n) is 11.0. The molecule has 2 rings (SSSR count). The molecule has 0 heterocycles. The lowest BCUT2D eigenvalue weighted by Gasteiger charge is -2.24. The van der Waals surface area contributed by atoms with Crippen LogP contribution in [0.15, 0.2) is 18.2 Å². The molecule has 1 aromatic rings. The van der Waals surface area contributed by atoms with E-state index < -0.39 is 0 Å². The van der Waals surface area contributed by atoms with E-state index in [9.17, 15) is 0 Å². The van der Waals surface area contributed by atoms with Gasteiger partial charge < -0.3 is 16.0 Å². The predicted octanol–water partition coefficient (Wildman–Crippen LogP) is 3.21. The largest absolute Gasteiger partial charge is 0.396 e. The average molecular weight is 268 g/mol. The van der Waals surface area contributed by atoms with Crippen molar-refractivity contribution < 1.29 is 0 Å². The van der Waals surface area contributed by atoms with Crippen LogP contribution in [-0.2, 0) is 0 Å². The summed E-state index contributed by atoms with van der Waals surface area (Å²) in [5.41, 5.74) is 7.49. The lowest BCUT2D eigenvalue weighted by molar-refractivity contribution is 0.254. The minimum atomic E-state index is 0.615. The molecule has 1 saturated carbocycles. The number of anilines is 2. The second-order valence-corrected chi connectivity index (χ2v) is 5.45. The molecule has 0 amide bonds. The highest BCUT2D eigenvalue weighted by molar-refractivity contribution is 6.33. The fourth-order valence-electron chi connectivity index (χ4n) is 2.59. The van der Waals surface area contributed by atoms with E-state index in [0.29, 0.717) is 10.7 Å². The van der Waals surface area contributed by atoms with Gasteiger partial charge in [0.05, 0.1) is 16.4 Å². The molecule has 0 unspecified atom stereocenters. The van der Waals surface area contributed by atoms with Crippen molar-refractivity contribution in [3.8, 4) is 0 Å². The Morgan fingerprint density at radius 1 is 1.39 bits per heavy atom. The summed E-state index contributed by atoms with van der Waals surface area (Å²) in [6.45, 7) is 1.94. The molecule has 1 fully saturated rings. The van der Waals surface area contributed by atoms with Gasteiger partial charge in [-0.05, 0) is 32.0 Å². The van der Waals surface area contributed by atoms with Gasteiger partial charge in [-0.1, -0.05) is 30.5 Å². The molecule has 100 valence electrons. The van der Waals surface area contributed by atoms with Gasteiger partial charge in [0, 0.05) is 19.1 Å². The van der Waals surface area contributed by atoms with Crippen LogP contribution in [0.3, 0.4) is 0 Å². The van der Waals surface area contributed by atoms with Gasteiger partial charge in [-0.25, -0.2) is 0 Å². The molecule has 3 N–H and O–H groups in total. The third-order valence-electron chi connectivity index (χ3n) is 3.78. The van der Waals surface area contributed by atoms with Gasteiger partial charge in [-0.3, -0.25) is 0 Å². The van der Waals surface area contributed by atoms with Gasteiger partial charge in [0.15, 0.2) is 0 Å². The van der Waals surface area contributed by atoms with E-state index in [1.54, 1.807) is 0 Å². The molecule has 1 aliphatic rings. The third-order valence-corrected chi connectivity index (χ3v) is 4.11. The summed E-state index contributed by atoms with van der Waals surface area (Å²) in [5, 5.41) is 3.97. The smallest absolute Gasteiger partial charge is 0.0739 e. The van der Waals surface area contributed by atoms with Crippen molar-refractivity contribution in [2.75, 3.05) is 31.2 Å². The quantitative estimate of drug-likeness (QED) is 0.805. The maximum absolute atomic E-state index is 5.98. The zero-order chi connectivity index (χ0) is 13.0. The molecule has 18 heavy (non-hydrogen) atoms. The lowest BCUT2D eigenvalue weighted by atomic mass is 10.2. The van der Waals surface area contributed by atoms with E-state index in [-0.39, 0.29) is 0 Å². The topological polar surface area (TPSA) is 41.3 Å². The Morgan fingerprint density at radius 3 is 2.83 bits per heavy atom. The van der Waals surface area contributed by atoms with Gasteiger partial charge in [0.1, 0.15) is 0 Å². The molecule has 0 aromatic heterocycles. The molecular weight excluding hydrogens is 246 g/mol. The number of para-hydroxylation sites is 1. The predicted molar refractivity (Wildman–Crippen MR) is 79.2 cm³/mol. The first kappa shape index (κ1) is 13.5. The first-order chi connectivity index (χ1) is 8.68. The van der Waals surface area contributed by atoms with Crippen LogP contribution in [0, 0.1) is 0 Å².